The monoisotopic (exact) mass is 376 g/mol. The molecular weight excluding hydrogens is 363 g/mol. The molecule has 0 heterocycles. The molecule has 1 aromatic rings. The zero-order valence-corrected chi connectivity index (χ0v) is 13.2. The lowest BCUT2D eigenvalue weighted by Crippen LogP contribution is -2.40. The van der Waals surface area contributed by atoms with Crippen molar-refractivity contribution in [1.82, 2.24) is 5.32 Å². The van der Waals surface area contributed by atoms with E-state index in [1.54, 1.807) is 0 Å². The summed E-state index contributed by atoms with van der Waals surface area (Å²) in [5.41, 5.74) is -0.931. The third-order valence-corrected chi connectivity index (χ3v) is 3.74. The van der Waals surface area contributed by atoms with Gasteiger partial charge in [-0.15, -0.1) is 0 Å². The number of hydrogen-bond donors (Lipinski definition) is 2. The van der Waals surface area contributed by atoms with E-state index in [0.29, 0.717) is 12.5 Å². The van der Waals surface area contributed by atoms with Crippen LogP contribution in [0.5, 0.6) is 0 Å². The molecule has 120 valence electrons. The Balaban J connectivity index is 3.07. The van der Waals surface area contributed by atoms with Crippen LogP contribution in [0.15, 0.2) is 16.6 Å². The quantitative estimate of drug-likeness (QED) is 0.561. The number of nitrogens with one attached hydrogen (secondary N) is 1. The largest absolute Gasteiger partial charge is 0.480 e. The number of benzene rings is 1. The minimum absolute atomic E-state index is 0.198. The summed E-state index contributed by atoms with van der Waals surface area (Å²) in [6.45, 7) is 1.87. The fourth-order valence-electron chi connectivity index (χ4n) is 1.77. The number of hydrogen-bond acceptors (Lipinski definition) is 4. The molecule has 0 bridgehead atoms. The van der Waals surface area contributed by atoms with Crippen molar-refractivity contribution in [3.05, 3.63) is 38.1 Å². The van der Waals surface area contributed by atoms with Gasteiger partial charge >= 0.3 is 5.97 Å². The van der Waals surface area contributed by atoms with Gasteiger partial charge in [-0.05, 0) is 28.4 Å². The highest BCUT2D eigenvalue weighted by atomic mass is 79.9. The molecule has 0 radical (unpaired) electrons. The number of nitro benzene ring substituents is 1. The van der Waals surface area contributed by atoms with Crippen LogP contribution in [-0.2, 0) is 4.79 Å². The lowest BCUT2D eigenvalue weighted by Gasteiger charge is -2.14. The van der Waals surface area contributed by atoms with E-state index in [4.69, 9.17) is 5.11 Å². The van der Waals surface area contributed by atoms with Gasteiger partial charge in [0.1, 0.15) is 16.3 Å². The summed E-state index contributed by atoms with van der Waals surface area (Å²) in [6, 6.07) is 0.347. The fraction of sp³-hybridized carbons (Fsp3) is 0.385. The summed E-state index contributed by atoms with van der Waals surface area (Å²) < 4.78 is 13.2. The molecule has 0 aliphatic rings. The van der Waals surface area contributed by atoms with E-state index in [1.165, 1.54) is 0 Å². The SMILES string of the molecule is CCCC[C@H](NC(=O)c1cc(F)cc([N+](=O)[O-])c1Br)C(=O)O. The highest BCUT2D eigenvalue weighted by Gasteiger charge is 2.25. The molecule has 9 heteroatoms. The van der Waals surface area contributed by atoms with Crippen LogP contribution in [0, 0.1) is 15.9 Å². The third kappa shape index (κ3) is 4.48. The van der Waals surface area contributed by atoms with Crippen LogP contribution in [0.4, 0.5) is 10.1 Å². The number of carbonyl (C=O) groups excluding carboxylic acids is 1. The van der Waals surface area contributed by atoms with Crippen molar-refractivity contribution in [2.45, 2.75) is 32.2 Å². The Hall–Kier alpha value is -2.03. The number of nitro groups is 1. The van der Waals surface area contributed by atoms with Crippen molar-refractivity contribution in [2.75, 3.05) is 0 Å². The summed E-state index contributed by atoms with van der Waals surface area (Å²) in [5.74, 6) is -3.07. The van der Waals surface area contributed by atoms with E-state index in [0.717, 1.165) is 12.5 Å². The molecule has 1 amide bonds. The number of carbonyl (C=O) groups is 2. The Morgan fingerprint density at radius 2 is 2.14 bits per heavy atom. The zero-order valence-electron chi connectivity index (χ0n) is 11.6. The molecule has 0 aliphatic heterocycles. The number of unbranched alkanes of at least 4 members (excludes halogenated alkanes) is 1. The Bertz CT molecular complexity index is 608. The topological polar surface area (TPSA) is 110 Å². The summed E-state index contributed by atoms with van der Waals surface area (Å²) >= 11 is 2.88. The van der Waals surface area contributed by atoms with Gasteiger partial charge < -0.3 is 10.4 Å². The third-order valence-electron chi connectivity index (χ3n) is 2.91. The molecule has 7 nitrogen and oxygen atoms in total. The predicted octanol–water partition coefficient (Wildman–Crippen LogP) is 2.87. The number of aliphatic carboxylic acids is 1. The normalized spacial score (nSPS) is 11.8. The van der Waals surface area contributed by atoms with Crippen molar-refractivity contribution >= 4 is 33.5 Å². The molecule has 0 unspecified atom stereocenters. The van der Waals surface area contributed by atoms with E-state index in [9.17, 15) is 24.1 Å². The van der Waals surface area contributed by atoms with E-state index >= 15 is 0 Å². The smallest absolute Gasteiger partial charge is 0.326 e. The molecule has 1 aromatic carbocycles. The van der Waals surface area contributed by atoms with E-state index in [2.05, 4.69) is 21.2 Å². The van der Waals surface area contributed by atoms with Crippen molar-refractivity contribution < 1.29 is 24.0 Å². The first-order valence-electron chi connectivity index (χ1n) is 6.45. The van der Waals surface area contributed by atoms with Gasteiger partial charge in [0, 0.05) is 0 Å². The molecule has 22 heavy (non-hydrogen) atoms. The molecule has 1 rings (SSSR count). The van der Waals surface area contributed by atoms with Crippen LogP contribution in [0.1, 0.15) is 36.5 Å². The molecule has 0 spiro atoms. The molecule has 1 atom stereocenters. The first kappa shape index (κ1) is 18.0. The Kier molecular flexibility index (Phi) is 6.41. The van der Waals surface area contributed by atoms with Gasteiger partial charge in [-0.25, -0.2) is 9.18 Å². The van der Waals surface area contributed by atoms with Gasteiger partial charge in [-0.1, -0.05) is 19.8 Å². The Labute approximate surface area is 133 Å². The van der Waals surface area contributed by atoms with Gasteiger partial charge in [0.15, 0.2) is 0 Å². The van der Waals surface area contributed by atoms with Gasteiger partial charge in [0.25, 0.3) is 11.6 Å². The van der Waals surface area contributed by atoms with Crippen molar-refractivity contribution in [3.8, 4) is 0 Å². The molecule has 0 fully saturated rings. The van der Waals surface area contributed by atoms with Crippen LogP contribution in [-0.4, -0.2) is 27.9 Å². The second-order valence-electron chi connectivity index (χ2n) is 4.55. The van der Waals surface area contributed by atoms with Gasteiger partial charge in [-0.2, -0.15) is 0 Å². The molecule has 2 N–H and O–H groups in total. The van der Waals surface area contributed by atoms with Crippen LogP contribution in [0.3, 0.4) is 0 Å². The van der Waals surface area contributed by atoms with E-state index in [-0.39, 0.29) is 16.5 Å². The van der Waals surface area contributed by atoms with Crippen molar-refractivity contribution in [2.24, 2.45) is 0 Å². The maximum Gasteiger partial charge on any atom is 0.326 e. The summed E-state index contributed by atoms with van der Waals surface area (Å²) in [5, 5.41) is 22.1. The molecule has 0 saturated carbocycles. The van der Waals surface area contributed by atoms with Crippen molar-refractivity contribution in [3.63, 3.8) is 0 Å². The standard InChI is InChI=1S/C13H14BrFN2O5/c1-2-3-4-9(13(19)20)16-12(18)8-5-7(15)6-10(11(8)14)17(21)22/h5-6,9H,2-4H2,1H3,(H,16,18)(H,19,20)/t9-/m0/s1. The predicted molar refractivity (Wildman–Crippen MR) is 79.2 cm³/mol. The van der Waals surface area contributed by atoms with Gasteiger partial charge in [-0.3, -0.25) is 14.9 Å². The van der Waals surface area contributed by atoms with Crippen LogP contribution in [0.2, 0.25) is 0 Å². The number of rotatable bonds is 7. The lowest BCUT2D eigenvalue weighted by atomic mass is 10.1. The highest BCUT2D eigenvalue weighted by molar-refractivity contribution is 9.10. The second kappa shape index (κ2) is 7.83. The number of carboxylic acid groups (broad SMARTS) is 1. The first-order valence-corrected chi connectivity index (χ1v) is 7.24. The number of amides is 1. The zero-order chi connectivity index (χ0) is 16.9. The minimum Gasteiger partial charge on any atom is -0.480 e. The van der Waals surface area contributed by atoms with Crippen LogP contribution in [0.25, 0.3) is 0 Å². The number of carboxylic acids is 1. The molecule has 0 saturated heterocycles. The second-order valence-corrected chi connectivity index (χ2v) is 5.34. The van der Waals surface area contributed by atoms with E-state index < -0.39 is 34.3 Å². The average molecular weight is 377 g/mol. The summed E-state index contributed by atoms with van der Waals surface area (Å²) in [7, 11) is 0. The molecule has 0 aromatic heterocycles. The number of halogens is 2. The summed E-state index contributed by atoms with van der Waals surface area (Å²) in [6.07, 6.45) is 1.54. The van der Waals surface area contributed by atoms with Crippen LogP contribution >= 0.6 is 15.9 Å². The Morgan fingerprint density at radius 1 is 1.50 bits per heavy atom. The first-order chi connectivity index (χ1) is 10.3. The Morgan fingerprint density at radius 3 is 2.64 bits per heavy atom. The average Bonchev–Trinajstić information content (AvgIpc) is 2.44. The number of nitrogens with zero attached hydrogens (tertiary/aromatic N) is 1. The highest BCUT2D eigenvalue weighted by Crippen LogP contribution is 2.29. The summed E-state index contributed by atoms with van der Waals surface area (Å²) in [4.78, 5) is 33.1. The van der Waals surface area contributed by atoms with Crippen LogP contribution < -0.4 is 5.32 Å². The maximum atomic E-state index is 13.4. The van der Waals surface area contributed by atoms with Gasteiger partial charge in [0.2, 0.25) is 0 Å². The maximum absolute atomic E-state index is 13.4. The lowest BCUT2D eigenvalue weighted by molar-refractivity contribution is -0.385. The van der Waals surface area contributed by atoms with E-state index in [1.807, 2.05) is 6.92 Å². The van der Waals surface area contributed by atoms with Crippen molar-refractivity contribution in [1.29, 1.82) is 0 Å². The fourth-order valence-corrected chi connectivity index (χ4v) is 2.33. The molecular formula is C13H14BrFN2O5. The minimum atomic E-state index is -1.22. The van der Waals surface area contributed by atoms with Gasteiger partial charge in [0.05, 0.1) is 16.6 Å². The molecule has 0 aliphatic carbocycles.